The fourth-order valence-corrected chi connectivity index (χ4v) is 2.88. The summed E-state index contributed by atoms with van der Waals surface area (Å²) in [5, 5.41) is 6.62. The van der Waals surface area contributed by atoms with Crippen molar-refractivity contribution in [2.45, 2.75) is 19.9 Å². The highest BCUT2D eigenvalue weighted by Crippen LogP contribution is 2.27. The average Bonchev–Trinajstić information content (AvgIpc) is 2.81. The zero-order valence-electron chi connectivity index (χ0n) is 20.0. The number of rotatable bonds is 11. The molecule has 0 unspecified atom stereocenters. The lowest BCUT2D eigenvalue weighted by molar-refractivity contribution is -0.130. The first-order chi connectivity index (χ1) is 15.5. The molecular formula is C24H35IN4O4. The summed E-state index contributed by atoms with van der Waals surface area (Å²) in [4.78, 5) is 17.9. The van der Waals surface area contributed by atoms with Gasteiger partial charge in [0.2, 0.25) is 0 Å². The minimum Gasteiger partial charge on any atom is -0.493 e. The Bertz CT molecular complexity index is 906. The number of carbonyl (C=O) groups excluding carboxylic acids is 1. The topological polar surface area (TPSA) is 84.4 Å². The van der Waals surface area contributed by atoms with Crippen LogP contribution in [0.4, 0.5) is 0 Å². The van der Waals surface area contributed by atoms with Gasteiger partial charge >= 0.3 is 0 Å². The largest absolute Gasteiger partial charge is 0.493 e. The second-order valence-corrected chi connectivity index (χ2v) is 7.29. The van der Waals surface area contributed by atoms with Crippen LogP contribution in [-0.2, 0) is 17.8 Å². The van der Waals surface area contributed by atoms with Crippen LogP contribution in [0.2, 0.25) is 0 Å². The van der Waals surface area contributed by atoms with E-state index in [0.717, 1.165) is 48.1 Å². The summed E-state index contributed by atoms with van der Waals surface area (Å²) >= 11 is 0. The molecule has 2 aromatic carbocycles. The molecule has 33 heavy (non-hydrogen) atoms. The van der Waals surface area contributed by atoms with Crippen LogP contribution in [0.5, 0.6) is 17.2 Å². The summed E-state index contributed by atoms with van der Waals surface area (Å²) in [5.41, 5.74) is 2.14. The number of nitrogens with one attached hydrogen (secondary N) is 2. The maximum Gasteiger partial charge on any atom is 0.259 e. The summed E-state index contributed by atoms with van der Waals surface area (Å²) in [5.74, 6) is 2.75. The van der Waals surface area contributed by atoms with Crippen molar-refractivity contribution in [3.63, 3.8) is 0 Å². The van der Waals surface area contributed by atoms with Gasteiger partial charge in [-0.15, -0.1) is 24.0 Å². The second kappa shape index (κ2) is 15.2. The van der Waals surface area contributed by atoms with Gasteiger partial charge in [0, 0.05) is 27.2 Å². The van der Waals surface area contributed by atoms with Gasteiger partial charge in [-0.3, -0.25) is 4.79 Å². The Hall–Kier alpha value is -2.69. The number of benzene rings is 2. The molecule has 0 atom stereocenters. The molecule has 2 N–H and O–H groups in total. The Morgan fingerprint density at radius 3 is 2.42 bits per heavy atom. The molecule has 182 valence electrons. The van der Waals surface area contributed by atoms with Crippen molar-refractivity contribution in [3.8, 4) is 17.2 Å². The molecule has 2 aromatic rings. The van der Waals surface area contributed by atoms with Gasteiger partial charge in [-0.2, -0.15) is 0 Å². The molecule has 0 aromatic heterocycles. The van der Waals surface area contributed by atoms with Gasteiger partial charge in [-0.25, -0.2) is 4.99 Å². The smallest absolute Gasteiger partial charge is 0.259 e. The molecule has 0 radical (unpaired) electrons. The number of nitrogens with zero attached hydrogens (tertiary/aromatic N) is 2. The van der Waals surface area contributed by atoms with E-state index in [4.69, 9.17) is 14.2 Å². The molecule has 0 aliphatic carbocycles. The summed E-state index contributed by atoms with van der Waals surface area (Å²) in [7, 11) is 6.67. The third-order valence-electron chi connectivity index (χ3n) is 4.68. The van der Waals surface area contributed by atoms with Crippen LogP contribution in [0.3, 0.4) is 0 Å². The highest BCUT2D eigenvalue weighted by molar-refractivity contribution is 14.0. The van der Waals surface area contributed by atoms with Gasteiger partial charge in [0.25, 0.3) is 5.91 Å². The van der Waals surface area contributed by atoms with Gasteiger partial charge in [0.1, 0.15) is 5.75 Å². The lowest BCUT2D eigenvalue weighted by atomic mass is 10.1. The summed E-state index contributed by atoms with van der Waals surface area (Å²) in [6.07, 6.45) is 0.813. The molecule has 1 amide bonds. The van der Waals surface area contributed by atoms with E-state index in [1.165, 1.54) is 4.90 Å². The lowest BCUT2D eigenvalue weighted by Gasteiger charge is -2.13. The maximum absolute atomic E-state index is 11.7. The zero-order chi connectivity index (χ0) is 23.3. The average molecular weight is 570 g/mol. The molecule has 0 heterocycles. The van der Waals surface area contributed by atoms with Crippen LogP contribution in [0, 0.1) is 0 Å². The predicted octanol–water partition coefficient (Wildman–Crippen LogP) is 3.09. The lowest BCUT2D eigenvalue weighted by Crippen LogP contribution is -2.38. The summed E-state index contributed by atoms with van der Waals surface area (Å²) in [6, 6.07) is 13.5. The third-order valence-corrected chi connectivity index (χ3v) is 4.68. The first kappa shape index (κ1) is 28.3. The molecule has 0 saturated carbocycles. The van der Waals surface area contributed by atoms with Crippen LogP contribution in [0.25, 0.3) is 0 Å². The molecule has 0 aliphatic rings. The van der Waals surface area contributed by atoms with Gasteiger partial charge in [0.05, 0.1) is 20.8 Å². The van der Waals surface area contributed by atoms with E-state index in [1.807, 2.05) is 49.4 Å². The molecule has 0 fully saturated rings. The first-order valence-corrected chi connectivity index (χ1v) is 10.6. The number of hydrogen-bond acceptors (Lipinski definition) is 5. The van der Waals surface area contributed by atoms with E-state index < -0.39 is 0 Å². The standard InChI is InChI=1S/C24H34N4O4.HI/c1-6-25-24(26-13-12-18-10-11-21(30-4)22(15-18)31-5)27-16-19-8-7-9-20(14-19)32-17-23(29)28(2)3;/h7-11,14-15H,6,12-13,16-17H2,1-5H3,(H2,25,26,27);1H. The van der Waals surface area contributed by atoms with E-state index in [-0.39, 0.29) is 36.5 Å². The van der Waals surface area contributed by atoms with E-state index in [0.29, 0.717) is 12.3 Å². The van der Waals surface area contributed by atoms with Crippen LogP contribution >= 0.6 is 24.0 Å². The van der Waals surface area contributed by atoms with Crippen LogP contribution in [0.15, 0.2) is 47.5 Å². The zero-order valence-corrected chi connectivity index (χ0v) is 22.3. The molecule has 2 rings (SSSR count). The SMILES string of the molecule is CCNC(=NCc1cccc(OCC(=O)N(C)C)c1)NCCc1ccc(OC)c(OC)c1.I. The minimum atomic E-state index is -0.0819. The van der Waals surface area contributed by atoms with E-state index >= 15 is 0 Å². The van der Waals surface area contributed by atoms with Gasteiger partial charge < -0.3 is 29.7 Å². The number of methoxy groups -OCH3 is 2. The highest BCUT2D eigenvalue weighted by Gasteiger charge is 2.07. The van der Waals surface area contributed by atoms with Crippen molar-refractivity contribution in [1.82, 2.24) is 15.5 Å². The molecule has 0 bridgehead atoms. The Labute approximate surface area is 213 Å². The molecule has 0 aliphatic heterocycles. The number of halogens is 1. The molecular weight excluding hydrogens is 535 g/mol. The van der Waals surface area contributed by atoms with Crippen molar-refractivity contribution >= 4 is 35.8 Å². The third kappa shape index (κ3) is 9.77. The molecule has 0 spiro atoms. The van der Waals surface area contributed by atoms with Crippen molar-refractivity contribution < 1.29 is 19.0 Å². The monoisotopic (exact) mass is 570 g/mol. The summed E-state index contributed by atoms with van der Waals surface area (Å²) in [6.45, 7) is 4.02. The first-order valence-electron chi connectivity index (χ1n) is 10.6. The van der Waals surface area contributed by atoms with E-state index in [9.17, 15) is 4.79 Å². The Kier molecular flexibility index (Phi) is 13.1. The minimum absolute atomic E-state index is 0. The highest BCUT2D eigenvalue weighted by atomic mass is 127. The molecule has 8 nitrogen and oxygen atoms in total. The Morgan fingerprint density at radius 1 is 1.00 bits per heavy atom. The van der Waals surface area contributed by atoms with Gasteiger partial charge in [0.15, 0.2) is 24.1 Å². The Balaban J connectivity index is 0.00000544. The van der Waals surface area contributed by atoms with Crippen molar-refractivity contribution in [3.05, 3.63) is 53.6 Å². The number of hydrogen-bond donors (Lipinski definition) is 2. The molecule has 0 saturated heterocycles. The number of likely N-dealkylation sites (N-methyl/N-ethyl adjacent to an activating group) is 1. The number of carbonyl (C=O) groups is 1. The van der Waals surface area contributed by atoms with Crippen molar-refractivity contribution in [2.75, 3.05) is 48.0 Å². The number of amides is 1. The van der Waals surface area contributed by atoms with Crippen molar-refractivity contribution in [2.24, 2.45) is 4.99 Å². The second-order valence-electron chi connectivity index (χ2n) is 7.29. The summed E-state index contributed by atoms with van der Waals surface area (Å²) < 4.78 is 16.2. The fourth-order valence-electron chi connectivity index (χ4n) is 2.88. The number of aliphatic imine (C=N–C) groups is 1. The quantitative estimate of drug-likeness (QED) is 0.246. The maximum atomic E-state index is 11.7. The van der Waals surface area contributed by atoms with Crippen LogP contribution < -0.4 is 24.8 Å². The normalized spacial score (nSPS) is 10.6. The molecule has 9 heteroatoms. The fraction of sp³-hybridized carbons (Fsp3) is 0.417. The van der Waals surface area contributed by atoms with Gasteiger partial charge in [-0.05, 0) is 48.7 Å². The predicted molar refractivity (Wildman–Crippen MR) is 142 cm³/mol. The van der Waals surface area contributed by atoms with E-state index in [1.54, 1.807) is 28.3 Å². The van der Waals surface area contributed by atoms with E-state index in [2.05, 4.69) is 15.6 Å². The number of guanidine groups is 1. The van der Waals surface area contributed by atoms with Crippen LogP contribution in [-0.4, -0.2) is 64.8 Å². The van der Waals surface area contributed by atoms with Crippen LogP contribution in [0.1, 0.15) is 18.1 Å². The van der Waals surface area contributed by atoms with Gasteiger partial charge in [-0.1, -0.05) is 18.2 Å². The van der Waals surface area contributed by atoms with Crippen molar-refractivity contribution in [1.29, 1.82) is 0 Å². The Morgan fingerprint density at radius 2 is 1.76 bits per heavy atom. The number of ether oxygens (including phenoxy) is 3.